The minimum atomic E-state index is 0.883. The molecule has 0 bridgehead atoms. The summed E-state index contributed by atoms with van der Waals surface area (Å²) < 4.78 is 0. The van der Waals surface area contributed by atoms with Crippen LogP contribution in [0, 0.1) is 6.92 Å². The molecule has 1 aliphatic heterocycles. The topological polar surface area (TPSA) is 15.3 Å². The quantitative estimate of drug-likeness (QED) is 0.741. The van der Waals surface area contributed by atoms with E-state index in [2.05, 4.69) is 41.4 Å². The first-order valence-corrected chi connectivity index (χ1v) is 5.25. The maximum atomic E-state index is 5.20. The highest BCUT2D eigenvalue weighted by molar-refractivity contribution is 7.80. The second kappa shape index (κ2) is 3.96. The molecule has 0 unspecified atom stereocenters. The molecule has 3 heteroatoms. The van der Waals surface area contributed by atoms with E-state index in [-0.39, 0.29) is 0 Å². The molecule has 2 nitrogen and oxygen atoms in total. The van der Waals surface area contributed by atoms with Gasteiger partial charge in [-0.2, -0.15) is 0 Å². The zero-order valence-electron chi connectivity index (χ0n) is 8.29. The van der Waals surface area contributed by atoms with E-state index >= 15 is 0 Å². The molecule has 0 aliphatic carbocycles. The van der Waals surface area contributed by atoms with Crippen molar-refractivity contribution in [1.29, 1.82) is 0 Å². The van der Waals surface area contributed by atoms with Crippen LogP contribution in [-0.2, 0) is 6.54 Å². The van der Waals surface area contributed by atoms with E-state index in [1.165, 1.54) is 11.1 Å². The smallest absolute Gasteiger partial charge is 0.169 e. The average molecular weight is 206 g/mol. The molecule has 0 amide bonds. The number of benzene rings is 1. The van der Waals surface area contributed by atoms with Gasteiger partial charge in [0.05, 0.1) is 0 Å². The van der Waals surface area contributed by atoms with Crippen molar-refractivity contribution in [3.63, 3.8) is 0 Å². The van der Waals surface area contributed by atoms with Gasteiger partial charge in [0.25, 0.3) is 0 Å². The van der Waals surface area contributed by atoms with Gasteiger partial charge in [0.15, 0.2) is 5.11 Å². The maximum Gasteiger partial charge on any atom is 0.169 e. The van der Waals surface area contributed by atoms with Gasteiger partial charge in [-0.25, -0.2) is 0 Å². The minimum Gasteiger partial charge on any atom is -0.361 e. The van der Waals surface area contributed by atoms with Gasteiger partial charge in [-0.05, 0) is 30.3 Å². The summed E-state index contributed by atoms with van der Waals surface area (Å²) in [6.07, 6.45) is 0. The van der Waals surface area contributed by atoms with E-state index in [1.807, 2.05) is 0 Å². The van der Waals surface area contributed by atoms with Crippen molar-refractivity contribution in [3.05, 3.63) is 35.4 Å². The molecule has 0 radical (unpaired) electrons. The summed E-state index contributed by atoms with van der Waals surface area (Å²) in [7, 11) is 0. The lowest BCUT2D eigenvalue weighted by Crippen LogP contribution is -2.27. The molecule has 1 aliphatic rings. The summed E-state index contributed by atoms with van der Waals surface area (Å²) in [6, 6.07) is 8.45. The molecular formula is C11H14N2S. The van der Waals surface area contributed by atoms with Gasteiger partial charge >= 0.3 is 0 Å². The molecule has 1 heterocycles. The summed E-state index contributed by atoms with van der Waals surface area (Å²) >= 11 is 5.20. The number of nitrogens with zero attached hydrogens (tertiary/aromatic N) is 1. The van der Waals surface area contributed by atoms with Gasteiger partial charge in [-0.15, -0.1) is 0 Å². The van der Waals surface area contributed by atoms with Gasteiger partial charge in [-0.3, -0.25) is 0 Å². The fourth-order valence-electron chi connectivity index (χ4n) is 1.66. The van der Waals surface area contributed by atoms with E-state index < -0.39 is 0 Å². The summed E-state index contributed by atoms with van der Waals surface area (Å²) in [5.41, 5.74) is 2.70. The van der Waals surface area contributed by atoms with Crippen molar-refractivity contribution in [2.75, 3.05) is 13.1 Å². The number of hydrogen-bond acceptors (Lipinski definition) is 1. The van der Waals surface area contributed by atoms with E-state index in [1.54, 1.807) is 0 Å². The first kappa shape index (κ1) is 9.46. The lowest BCUT2D eigenvalue weighted by molar-refractivity contribution is 0.462. The zero-order chi connectivity index (χ0) is 9.97. The summed E-state index contributed by atoms with van der Waals surface area (Å²) in [4.78, 5) is 2.21. The third-order valence-corrected chi connectivity index (χ3v) is 2.97. The number of thiocarbonyl (C=S) groups is 1. The van der Waals surface area contributed by atoms with E-state index in [0.29, 0.717) is 0 Å². The first-order chi connectivity index (χ1) is 6.77. The monoisotopic (exact) mass is 206 g/mol. The molecule has 0 aromatic heterocycles. The third-order valence-electron chi connectivity index (χ3n) is 2.57. The van der Waals surface area contributed by atoms with Crippen molar-refractivity contribution >= 4 is 17.3 Å². The molecule has 1 aromatic rings. The molecule has 1 saturated heterocycles. The Labute approximate surface area is 89.9 Å². The van der Waals surface area contributed by atoms with Gasteiger partial charge in [0, 0.05) is 19.6 Å². The minimum absolute atomic E-state index is 0.883. The predicted octanol–water partition coefficient (Wildman–Crippen LogP) is 1.69. The first-order valence-electron chi connectivity index (χ1n) is 4.84. The van der Waals surface area contributed by atoms with Crippen LogP contribution in [0.25, 0.3) is 0 Å². The van der Waals surface area contributed by atoms with Crippen molar-refractivity contribution in [2.45, 2.75) is 13.5 Å². The fraction of sp³-hybridized carbons (Fsp3) is 0.364. The molecule has 0 saturated carbocycles. The molecule has 0 spiro atoms. The Morgan fingerprint density at radius 3 is 2.86 bits per heavy atom. The van der Waals surface area contributed by atoms with Gasteiger partial charge < -0.3 is 10.2 Å². The number of nitrogens with one attached hydrogen (secondary N) is 1. The normalized spacial score (nSPS) is 15.8. The predicted molar refractivity (Wildman–Crippen MR) is 62.2 cm³/mol. The highest BCUT2D eigenvalue weighted by Crippen LogP contribution is 2.11. The molecule has 74 valence electrons. The van der Waals surface area contributed by atoms with Crippen LogP contribution in [0.5, 0.6) is 0 Å². The Morgan fingerprint density at radius 1 is 1.43 bits per heavy atom. The molecule has 2 rings (SSSR count). The molecule has 1 fully saturated rings. The second-order valence-corrected chi connectivity index (χ2v) is 3.97. The van der Waals surface area contributed by atoms with Crippen LogP contribution >= 0.6 is 12.2 Å². The number of rotatable bonds is 2. The number of aryl methyl sites for hydroxylation is 1. The zero-order valence-corrected chi connectivity index (χ0v) is 9.10. The SMILES string of the molecule is Cc1ccccc1CN1CCNC1=S. The lowest BCUT2D eigenvalue weighted by Gasteiger charge is -2.17. The van der Waals surface area contributed by atoms with Gasteiger partial charge in [-0.1, -0.05) is 24.3 Å². The van der Waals surface area contributed by atoms with Crippen molar-refractivity contribution < 1.29 is 0 Å². The highest BCUT2D eigenvalue weighted by Gasteiger charge is 2.15. The Bertz CT molecular complexity index is 349. The van der Waals surface area contributed by atoms with Crippen molar-refractivity contribution in [3.8, 4) is 0 Å². The van der Waals surface area contributed by atoms with Crippen LogP contribution in [-0.4, -0.2) is 23.1 Å². The molecule has 1 aromatic carbocycles. The average Bonchev–Trinajstić information content (AvgIpc) is 2.56. The molecule has 14 heavy (non-hydrogen) atoms. The van der Waals surface area contributed by atoms with E-state index in [4.69, 9.17) is 12.2 Å². The lowest BCUT2D eigenvalue weighted by atomic mass is 10.1. The van der Waals surface area contributed by atoms with Gasteiger partial charge in [0.1, 0.15) is 0 Å². The van der Waals surface area contributed by atoms with E-state index in [9.17, 15) is 0 Å². The number of hydrogen-bond donors (Lipinski definition) is 1. The summed E-state index contributed by atoms with van der Waals surface area (Å²) in [6.45, 7) is 5.07. The van der Waals surface area contributed by atoms with Crippen LogP contribution in [0.15, 0.2) is 24.3 Å². The Hall–Kier alpha value is -1.09. The Balaban J connectivity index is 2.10. The highest BCUT2D eigenvalue weighted by atomic mass is 32.1. The molecular weight excluding hydrogens is 192 g/mol. The standard InChI is InChI=1S/C11H14N2S/c1-9-4-2-3-5-10(9)8-13-7-6-12-11(13)14/h2-5H,6-8H2,1H3,(H,12,14). The van der Waals surface area contributed by atoms with Crippen molar-refractivity contribution in [1.82, 2.24) is 10.2 Å². The van der Waals surface area contributed by atoms with Gasteiger partial charge in [0.2, 0.25) is 0 Å². The summed E-state index contributed by atoms with van der Waals surface area (Å²) in [5, 5.41) is 4.05. The Morgan fingerprint density at radius 2 is 2.21 bits per heavy atom. The molecule has 1 N–H and O–H groups in total. The second-order valence-electron chi connectivity index (χ2n) is 3.58. The van der Waals surface area contributed by atoms with Crippen LogP contribution in [0.3, 0.4) is 0 Å². The third kappa shape index (κ3) is 1.87. The van der Waals surface area contributed by atoms with Crippen LogP contribution in [0.4, 0.5) is 0 Å². The summed E-state index contributed by atoms with van der Waals surface area (Å²) in [5.74, 6) is 0. The van der Waals surface area contributed by atoms with E-state index in [0.717, 1.165) is 24.7 Å². The fourth-order valence-corrected chi connectivity index (χ4v) is 1.91. The van der Waals surface area contributed by atoms with Crippen LogP contribution < -0.4 is 5.32 Å². The van der Waals surface area contributed by atoms with Crippen LogP contribution in [0.2, 0.25) is 0 Å². The van der Waals surface area contributed by atoms with Crippen molar-refractivity contribution in [2.24, 2.45) is 0 Å². The maximum absolute atomic E-state index is 5.20. The van der Waals surface area contributed by atoms with Crippen LogP contribution in [0.1, 0.15) is 11.1 Å². The Kier molecular flexibility index (Phi) is 2.68. The molecule has 0 atom stereocenters. The largest absolute Gasteiger partial charge is 0.361 e.